The van der Waals surface area contributed by atoms with Crippen molar-refractivity contribution in [3.63, 3.8) is 0 Å². The third-order valence-electron chi connectivity index (χ3n) is 2.47. The van der Waals surface area contributed by atoms with Crippen molar-refractivity contribution < 1.29 is 9.34 Å². The van der Waals surface area contributed by atoms with Crippen LogP contribution in [0.2, 0.25) is 0 Å². The molecule has 0 saturated heterocycles. The van der Waals surface area contributed by atoms with Gasteiger partial charge in [-0.05, 0) is 18.2 Å². The van der Waals surface area contributed by atoms with Crippen molar-refractivity contribution in [3.8, 4) is 11.5 Å². The Labute approximate surface area is 101 Å². The van der Waals surface area contributed by atoms with E-state index in [1.54, 1.807) is 0 Å². The molecular weight excluding hydrogens is 234 g/mol. The average molecular weight is 241 g/mol. The maximum Gasteiger partial charge on any atom is 0.433 e. The Morgan fingerprint density at radius 1 is 1.11 bits per heavy atom. The summed E-state index contributed by atoms with van der Waals surface area (Å²) in [4.78, 5) is 18.5. The topological polar surface area (TPSA) is 82.1 Å². The van der Waals surface area contributed by atoms with Crippen LogP contribution in [0, 0.1) is 10.1 Å². The molecule has 3 rings (SSSR count). The van der Waals surface area contributed by atoms with E-state index in [2.05, 4.69) is 9.97 Å². The molecule has 0 aliphatic rings. The van der Waals surface area contributed by atoms with E-state index in [1.807, 2.05) is 24.3 Å². The number of nitro groups is 1. The highest BCUT2D eigenvalue weighted by atomic mass is 16.6. The summed E-state index contributed by atoms with van der Waals surface area (Å²) in [6.07, 6.45) is 1.53. The molecule has 0 fully saturated rings. The Morgan fingerprint density at radius 2 is 1.89 bits per heavy atom. The molecule has 6 heteroatoms. The zero-order valence-corrected chi connectivity index (χ0v) is 9.11. The first kappa shape index (κ1) is 10.4. The van der Waals surface area contributed by atoms with E-state index in [-0.39, 0.29) is 5.88 Å². The molecular formula is C12H7N3O3. The van der Waals surface area contributed by atoms with Gasteiger partial charge in [0.2, 0.25) is 0 Å². The molecule has 0 atom stereocenters. The number of aromatic nitrogens is 2. The third kappa shape index (κ3) is 1.69. The molecule has 0 N–H and O–H groups in total. The average Bonchev–Trinajstić information content (AvgIpc) is 2.88. The molecule has 88 valence electrons. The van der Waals surface area contributed by atoms with Crippen LogP contribution in [-0.4, -0.2) is 14.9 Å². The van der Waals surface area contributed by atoms with Gasteiger partial charge in [0.05, 0.1) is 23.3 Å². The van der Waals surface area contributed by atoms with E-state index >= 15 is 0 Å². The van der Waals surface area contributed by atoms with Crippen LogP contribution in [0.25, 0.3) is 22.5 Å². The SMILES string of the molecule is O=[N+]([O-])c1ccc(-c2cnc3ccccc3n2)o1. The van der Waals surface area contributed by atoms with Crippen LogP contribution in [-0.2, 0) is 0 Å². The molecule has 1 aromatic carbocycles. The van der Waals surface area contributed by atoms with Gasteiger partial charge in [0, 0.05) is 0 Å². The Balaban J connectivity index is 2.10. The molecule has 0 amide bonds. The van der Waals surface area contributed by atoms with Crippen LogP contribution in [0.1, 0.15) is 0 Å². The number of furan rings is 1. The minimum absolute atomic E-state index is 0.306. The quantitative estimate of drug-likeness (QED) is 0.509. The van der Waals surface area contributed by atoms with E-state index in [9.17, 15) is 10.1 Å². The van der Waals surface area contributed by atoms with Gasteiger partial charge in [0.15, 0.2) is 5.76 Å². The number of fused-ring (bicyclic) bond motifs is 1. The molecule has 0 bridgehead atoms. The standard InChI is InChI=1S/C12H7N3O3/c16-15(17)12-6-5-11(18-12)10-7-13-8-3-1-2-4-9(8)14-10/h1-7H. The van der Waals surface area contributed by atoms with Gasteiger partial charge in [-0.25, -0.2) is 4.98 Å². The van der Waals surface area contributed by atoms with Crippen molar-refractivity contribution in [2.75, 3.05) is 0 Å². The number of hydrogen-bond donors (Lipinski definition) is 0. The summed E-state index contributed by atoms with van der Waals surface area (Å²) in [6, 6.07) is 10.2. The zero-order chi connectivity index (χ0) is 12.5. The number of rotatable bonds is 2. The minimum Gasteiger partial charge on any atom is -0.399 e. The van der Waals surface area contributed by atoms with Gasteiger partial charge in [0.25, 0.3) is 0 Å². The first-order chi connectivity index (χ1) is 8.74. The molecule has 0 spiro atoms. The molecule has 0 radical (unpaired) electrons. The van der Waals surface area contributed by atoms with Crippen molar-refractivity contribution in [1.82, 2.24) is 9.97 Å². The molecule has 0 aliphatic carbocycles. The number of benzene rings is 1. The lowest BCUT2D eigenvalue weighted by molar-refractivity contribution is -0.401. The summed E-state index contributed by atoms with van der Waals surface area (Å²) in [5, 5.41) is 10.5. The van der Waals surface area contributed by atoms with E-state index in [0.717, 1.165) is 5.52 Å². The van der Waals surface area contributed by atoms with Gasteiger partial charge < -0.3 is 4.42 Å². The molecule has 6 nitrogen and oxygen atoms in total. The molecule has 2 heterocycles. The van der Waals surface area contributed by atoms with Crippen LogP contribution in [0.15, 0.2) is 47.0 Å². The van der Waals surface area contributed by atoms with Crippen LogP contribution in [0.5, 0.6) is 0 Å². The van der Waals surface area contributed by atoms with Gasteiger partial charge in [0.1, 0.15) is 10.6 Å². The predicted octanol–water partition coefficient (Wildman–Crippen LogP) is 2.80. The lowest BCUT2D eigenvalue weighted by Crippen LogP contribution is -1.87. The van der Waals surface area contributed by atoms with Crippen LogP contribution >= 0.6 is 0 Å². The minimum atomic E-state index is -0.585. The fraction of sp³-hybridized carbons (Fsp3) is 0. The molecule has 0 unspecified atom stereocenters. The predicted molar refractivity (Wildman–Crippen MR) is 63.9 cm³/mol. The highest BCUT2D eigenvalue weighted by Gasteiger charge is 2.14. The number of nitrogens with zero attached hydrogens (tertiary/aromatic N) is 3. The molecule has 0 saturated carbocycles. The molecule has 0 aliphatic heterocycles. The van der Waals surface area contributed by atoms with E-state index < -0.39 is 4.92 Å². The zero-order valence-electron chi connectivity index (χ0n) is 9.11. The van der Waals surface area contributed by atoms with Crippen molar-refractivity contribution in [3.05, 3.63) is 52.7 Å². The Bertz CT molecular complexity index is 736. The maximum absolute atomic E-state index is 10.5. The summed E-state index contributed by atoms with van der Waals surface area (Å²) in [6.45, 7) is 0. The van der Waals surface area contributed by atoms with Gasteiger partial charge >= 0.3 is 5.88 Å². The molecule has 3 aromatic rings. The second kappa shape index (κ2) is 3.92. The van der Waals surface area contributed by atoms with Crippen molar-refractivity contribution >= 4 is 16.9 Å². The van der Waals surface area contributed by atoms with Gasteiger partial charge in [-0.2, -0.15) is 0 Å². The summed E-state index contributed by atoms with van der Waals surface area (Å²) in [5.74, 6) is 0.0277. The van der Waals surface area contributed by atoms with E-state index in [4.69, 9.17) is 4.42 Å². The maximum atomic E-state index is 10.5. The fourth-order valence-electron chi connectivity index (χ4n) is 1.64. The lowest BCUT2D eigenvalue weighted by Gasteiger charge is -1.98. The second-order valence-electron chi connectivity index (χ2n) is 3.64. The first-order valence-electron chi connectivity index (χ1n) is 5.20. The van der Waals surface area contributed by atoms with Crippen molar-refractivity contribution in [2.24, 2.45) is 0 Å². The Kier molecular flexibility index (Phi) is 2.26. The fourth-order valence-corrected chi connectivity index (χ4v) is 1.64. The Morgan fingerprint density at radius 3 is 2.61 bits per heavy atom. The summed E-state index contributed by atoms with van der Waals surface area (Å²) in [7, 11) is 0. The van der Waals surface area contributed by atoms with Crippen LogP contribution < -0.4 is 0 Å². The highest BCUT2D eigenvalue weighted by molar-refractivity contribution is 5.76. The van der Waals surface area contributed by atoms with Crippen molar-refractivity contribution in [2.45, 2.75) is 0 Å². The normalized spacial score (nSPS) is 10.7. The summed E-state index contributed by atoms with van der Waals surface area (Å²) in [5.41, 5.74) is 1.96. The lowest BCUT2D eigenvalue weighted by atomic mass is 10.3. The Hall–Kier alpha value is -2.76. The monoisotopic (exact) mass is 241 g/mol. The summed E-state index contributed by atoms with van der Waals surface area (Å²) >= 11 is 0. The van der Waals surface area contributed by atoms with Crippen LogP contribution in [0.3, 0.4) is 0 Å². The van der Waals surface area contributed by atoms with E-state index in [1.165, 1.54) is 18.3 Å². The van der Waals surface area contributed by atoms with Gasteiger partial charge in [-0.15, -0.1) is 0 Å². The van der Waals surface area contributed by atoms with Crippen LogP contribution in [0.4, 0.5) is 5.88 Å². The highest BCUT2D eigenvalue weighted by Crippen LogP contribution is 2.25. The molecule has 2 aromatic heterocycles. The first-order valence-corrected chi connectivity index (χ1v) is 5.20. The number of para-hydroxylation sites is 2. The van der Waals surface area contributed by atoms with E-state index in [0.29, 0.717) is 17.0 Å². The third-order valence-corrected chi connectivity index (χ3v) is 2.47. The van der Waals surface area contributed by atoms with Gasteiger partial charge in [-0.1, -0.05) is 12.1 Å². The van der Waals surface area contributed by atoms with Gasteiger partial charge in [-0.3, -0.25) is 15.1 Å². The van der Waals surface area contributed by atoms with Crippen molar-refractivity contribution in [1.29, 1.82) is 0 Å². The second-order valence-corrected chi connectivity index (χ2v) is 3.64. The number of hydrogen-bond acceptors (Lipinski definition) is 5. The summed E-state index contributed by atoms with van der Waals surface area (Å²) < 4.78 is 5.08. The largest absolute Gasteiger partial charge is 0.433 e. The molecule has 18 heavy (non-hydrogen) atoms. The smallest absolute Gasteiger partial charge is 0.399 e.